The monoisotopic (exact) mass is 407 g/mol. The number of ether oxygens (including phenoxy) is 1. The SMILES string of the molecule is COc1ccc([C@@H]2Nn3c(C)ccc3S[C@H]2C(=O)Nc2ccc(C)c(C)c2)cc1. The van der Waals surface area contributed by atoms with Gasteiger partial charge >= 0.3 is 0 Å². The first-order valence-corrected chi connectivity index (χ1v) is 10.5. The maximum atomic E-state index is 13.3. The van der Waals surface area contributed by atoms with Crippen LogP contribution < -0.4 is 15.5 Å². The molecular formula is C23H25N3O2S. The topological polar surface area (TPSA) is 55.3 Å². The third-order valence-corrected chi connectivity index (χ3v) is 6.67. The molecular weight excluding hydrogens is 382 g/mol. The van der Waals surface area contributed by atoms with Crippen molar-refractivity contribution >= 4 is 23.4 Å². The number of nitrogens with zero attached hydrogens (tertiary/aromatic N) is 1. The fourth-order valence-electron chi connectivity index (χ4n) is 3.48. The van der Waals surface area contributed by atoms with E-state index < -0.39 is 0 Å². The van der Waals surface area contributed by atoms with E-state index in [4.69, 9.17) is 4.74 Å². The van der Waals surface area contributed by atoms with Gasteiger partial charge in [-0.2, -0.15) is 0 Å². The summed E-state index contributed by atoms with van der Waals surface area (Å²) in [7, 11) is 1.65. The van der Waals surface area contributed by atoms with Gasteiger partial charge in [-0.1, -0.05) is 30.0 Å². The Morgan fingerprint density at radius 2 is 1.79 bits per heavy atom. The van der Waals surface area contributed by atoms with Gasteiger partial charge in [-0.05, 0) is 73.9 Å². The molecule has 2 N–H and O–H groups in total. The molecule has 29 heavy (non-hydrogen) atoms. The van der Waals surface area contributed by atoms with Crippen molar-refractivity contribution in [1.29, 1.82) is 0 Å². The fraction of sp³-hybridized carbons (Fsp3) is 0.261. The van der Waals surface area contributed by atoms with Crippen LogP contribution >= 0.6 is 11.8 Å². The van der Waals surface area contributed by atoms with Crippen LogP contribution in [-0.4, -0.2) is 22.9 Å². The molecule has 0 fully saturated rings. The van der Waals surface area contributed by atoms with Crippen molar-refractivity contribution < 1.29 is 9.53 Å². The molecule has 2 heterocycles. The summed E-state index contributed by atoms with van der Waals surface area (Å²) in [5.74, 6) is 0.780. The van der Waals surface area contributed by atoms with E-state index in [-0.39, 0.29) is 17.2 Å². The average molecular weight is 408 g/mol. The van der Waals surface area contributed by atoms with Gasteiger partial charge in [0.05, 0.1) is 18.2 Å². The van der Waals surface area contributed by atoms with Gasteiger partial charge in [-0.15, -0.1) is 0 Å². The summed E-state index contributed by atoms with van der Waals surface area (Å²) in [4.78, 5) is 13.3. The predicted octanol–water partition coefficient (Wildman–Crippen LogP) is 4.82. The summed E-state index contributed by atoms with van der Waals surface area (Å²) >= 11 is 1.58. The Kier molecular flexibility index (Phi) is 5.28. The second-order valence-electron chi connectivity index (χ2n) is 7.36. The zero-order valence-corrected chi connectivity index (χ0v) is 17.8. The fourth-order valence-corrected chi connectivity index (χ4v) is 4.70. The van der Waals surface area contributed by atoms with Crippen molar-refractivity contribution in [2.45, 2.75) is 37.1 Å². The van der Waals surface area contributed by atoms with Gasteiger partial charge in [-0.25, -0.2) is 0 Å². The molecule has 1 aliphatic rings. The second-order valence-corrected chi connectivity index (χ2v) is 8.52. The molecule has 6 heteroatoms. The van der Waals surface area contributed by atoms with Gasteiger partial charge in [-0.3, -0.25) is 9.47 Å². The molecule has 0 radical (unpaired) electrons. The standard InChI is InChI=1S/C23H25N3O2S/c1-14-5-9-18(13-15(14)2)24-23(27)22-21(17-7-10-19(28-4)11-8-17)25-26-16(3)6-12-20(26)29-22/h5-13,21-22,25H,1-4H3,(H,24,27)/t21-,22+/m0/s1. The highest BCUT2D eigenvalue weighted by molar-refractivity contribution is 8.00. The third kappa shape index (κ3) is 3.85. The zero-order valence-electron chi connectivity index (χ0n) is 17.0. The number of thioether (sulfide) groups is 1. The van der Waals surface area contributed by atoms with Crippen molar-refractivity contribution in [3.05, 3.63) is 77.0 Å². The van der Waals surface area contributed by atoms with Crippen molar-refractivity contribution in [3.63, 3.8) is 0 Å². The second kappa shape index (κ2) is 7.87. The van der Waals surface area contributed by atoms with Crippen LogP contribution in [-0.2, 0) is 4.79 Å². The van der Waals surface area contributed by atoms with Crippen molar-refractivity contribution in [1.82, 2.24) is 4.68 Å². The molecule has 0 saturated carbocycles. The number of amides is 1. The number of carbonyl (C=O) groups is 1. The van der Waals surface area contributed by atoms with Crippen LogP contribution in [0, 0.1) is 20.8 Å². The van der Waals surface area contributed by atoms with Gasteiger partial charge in [0.2, 0.25) is 5.91 Å². The molecule has 1 amide bonds. The van der Waals surface area contributed by atoms with Crippen LogP contribution in [0.5, 0.6) is 5.75 Å². The highest BCUT2D eigenvalue weighted by Gasteiger charge is 2.36. The molecule has 4 rings (SSSR count). The lowest BCUT2D eigenvalue weighted by Crippen LogP contribution is -2.41. The number of nitrogens with one attached hydrogen (secondary N) is 2. The molecule has 1 aliphatic heterocycles. The number of hydrogen-bond donors (Lipinski definition) is 2. The number of carbonyl (C=O) groups excluding carboxylic acids is 1. The number of methoxy groups -OCH3 is 1. The highest BCUT2D eigenvalue weighted by atomic mass is 32.2. The summed E-state index contributed by atoms with van der Waals surface area (Å²) in [5, 5.41) is 3.83. The van der Waals surface area contributed by atoms with Gasteiger partial charge < -0.3 is 15.5 Å². The number of rotatable bonds is 4. The minimum absolute atomic E-state index is 0.0170. The molecule has 0 bridgehead atoms. The van der Waals surface area contributed by atoms with E-state index in [0.717, 1.165) is 33.3 Å². The van der Waals surface area contributed by atoms with Crippen LogP contribution in [0.25, 0.3) is 0 Å². The Labute approximate surface area is 175 Å². The molecule has 150 valence electrons. The van der Waals surface area contributed by atoms with Gasteiger partial charge in [0.25, 0.3) is 0 Å². The molecule has 3 aromatic rings. The molecule has 2 atom stereocenters. The van der Waals surface area contributed by atoms with Gasteiger partial charge in [0, 0.05) is 11.4 Å². The molecule has 2 aromatic carbocycles. The van der Waals surface area contributed by atoms with Gasteiger partial charge in [0.1, 0.15) is 11.0 Å². The maximum absolute atomic E-state index is 13.3. The smallest absolute Gasteiger partial charge is 0.240 e. The molecule has 0 saturated heterocycles. The first-order valence-electron chi connectivity index (χ1n) is 9.60. The predicted molar refractivity (Wildman–Crippen MR) is 118 cm³/mol. The van der Waals surface area contributed by atoms with Crippen molar-refractivity contribution in [2.24, 2.45) is 0 Å². The summed E-state index contributed by atoms with van der Waals surface area (Å²) in [6.07, 6.45) is 0. The van der Waals surface area contributed by atoms with Gasteiger partial charge in [0.15, 0.2) is 0 Å². The minimum Gasteiger partial charge on any atom is -0.497 e. The first-order chi connectivity index (χ1) is 14.0. The number of anilines is 1. The summed E-state index contributed by atoms with van der Waals surface area (Å²) in [5.41, 5.74) is 8.87. The van der Waals surface area contributed by atoms with E-state index in [1.54, 1.807) is 18.9 Å². The Morgan fingerprint density at radius 1 is 1.03 bits per heavy atom. The number of aryl methyl sites for hydroxylation is 3. The van der Waals surface area contributed by atoms with E-state index in [2.05, 4.69) is 42.3 Å². The summed E-state index contributed by atoms with van der Waals surface area (Å²) in [6, 6.07) is 17.8. The largest absolute Gasteiger partial charge is 0.497 e. The Bertz CT molecular complexity index is 1040. The van der Waals surface area contributed by atoms with E-state index in [1.807, 2.05) is 48.5 Å². The number of aromatic nitrogens is 1. The molecule has 5 nitrogen and oxygen atoms in total. The molecule has 0 unspecified atom stereocenters. The number of benzene rings is 2. The van der Waals surface area contributed by atoms with E-state index >= 15 is 0 Å². The lowest BCUT2D eigenvalue weighted by atomic mass is 10.0. The molecule has 0 spiro atoms. The maximum Gasteiger partial charge on any atom is 0.240 e. The van der Waals surface area contributed by atoms with E-state index in [9.17, 15) is 4.79 Å². The summed E-state index contributed by atoms with van der Waals surface area (Å²) < 4.78 is 7.34. The molecule has 1 aromatic heterocycles. The normalized spacial score (nSPS) is 17.9. The van der Waals surface area contributed by atoms with Crippen LogP contribution in [0.3, 0.4) is 0 Å². The lowest BCUT2D eigenvalue weighted by molar-refractivity contribution is -0.116. The van der Waals surface area contributed by atoms with Crippen LogP contribution in [0.4, 0.5) is 5.69 Å². The van der Waals surface area contributed by atoms with Crippen LogP contribution in [0.15, 0.2) is 59.6 Å². The van der Waals surface area contributed by atoms with Crippen molar-refractivity contribution in [2.75, 3.05) is 17.9 Å². The first kappa shape index (κ1) is 19.5. The highest BCUT2D eigenvalue weighted by Crippen LogP contribution is 2.39. The lowest BCUT2D eigenvalue weighted by Gasteiger charge is -2.34. The number of hydrogen-bond acceptors (Lipinski definition) is 4. The van der Waals surface area contributed by atoms with Crippen molar-refractivity contribution in [3.8, 4) is 5.75 Å². The average Bonchev–Trinajstić information content (AvgIpc) is 3.10. The third-order valence-electron chi connectivity index (χ3n) is 5.37. The quantitative estimate of drug-likeness (QED) is 0.651. The summed E-state index contributed by atoms with van der Waals surface area (Å²) in [6.45, 7) is 6.17. The minimum atomic E-state index is -0.313. The number of fused-ring (bicyclic) bond motifs is 1. The van der Waals surface area contributed by atoms with E-state index in [1.165, 1.54) is 5.56 Å². The van der Waals surface area contributed by atoms with Crippen LogP contribution in [0.2, 0.25) is 0 Å². The Morgan fingerprint density at radius 3 is 2.48 bits per heavy atom. The zero-order chi connectivity index (χ0) is 20.5. The Balaban J connectivity index is 1.65. The Hall–Kier alpha value is -2.86. The van der Waals surface area contributed by atoms with E-state index in [0.29, 0.717) is 0 Å². The molecule has 0 aliphatic carbocycles. The van der Waals surface area contributed by atoms with Crippen LogP contribution in [0.1, 0.15) is 28.4 Å².